The Labute approximate surface area is 287 Å². The molecule has 0 saturated carbocycles. The predicted octanol–water partition coefficient (Wildman–Crippen LogP) is 4.82. The number of fused-ring (bicyclic) bond motifs is 2. The van der Waals surface area contributed by atoms with Crippen LogP contribution in [0.3, 0.4) is 0 Å². The van der Waals surface area contributed by atoms with Gasteiger partial charge in [0.25, 0.3) is 0 Å². The fraction of sp³-hybridized carbons (Fsp3) is 0.912. The van der Waals surface area contributed by atoms with E-state index in [1.54, 1.807) is 6.92 Å². The van der Waals surface area contributed by atoms with Crippen molar-refractivity contribution in [2.45, 2.75) is 123 Å². The lowest BCUT2D eigenvalue weighted by atomic mass is 10.1. The monoisotopic (exact) mass is 696 g/mol. The molecule has 0 amide bonds. The molecule has 0 aromatic carbocycles. The lowest BCUT2D eigenvalue weighted by Crippen LogP contribution is -2.35. The number of rotatable bonds is 18. The Morgan fingerprint density at radius 3 is 1.66 bits per heavy atom. The molecule has 0 unspecified atom stereocenters. The number of carbonyl (C=O) groups is 1. The summed E-state index contributed by atoms with van der Waals surface area (Å²) in [6, 6.07) is 0. The fourth-order valence-electron chi connectivity index (χ4n) is 5.07. The van der Waals surface area contributed by atoms with Crippen LogP contribution in [0.1, 0.15) is 74.1 Å². The van der Waals surface area contributed by atoms with Gasteiger partial charge in [0.05, 0.1) is 44.9 Å². The predicted molar refractivity (Wildman–Crippen MR) is 176 cm³/mol. The standard InChI is InChI=1S/C16H26O6.C12H22O5.C6H13ClO/c1-10(2)5-6-18-9-21-12-7-19-15-13(8-20-14(12)15)22-16(17)11(3)4;1-8(2)3-4-14-7-17-10-6-16-11-9(13)5-15-12(10)11;1-6(2)4-3-5-8-7/h10,12-15H,3,5-9H2,1-2,4H3;8-13H,3-7H2,1-2H3;6H,3-5H2,1-2H3/t12-,13+,14-,15-;9-,10+,11+,12+;/m10./s1. The third-order valence-corrected chi connectivity index (χ3v) is 8.12. The molecule has 47 heavy (non-hydrogen) atoms. The summed E-state index contributed by atoms with van der Waals surface area (Å²) in [5, 5.41) is 9.55. The Balaban J connectivity index is 0.000000272. The van der Waals surface area contributed by atoms with E-state index >= 15 is 0 Å². The molecule has 0 spiro atoms. The van der Waals surface area contributed by atoms with Crippen molar-refractivity contribution in [1.82, 2.24) is 0 Å². The molecular weight excluding hydrogens is 636 g/mol. The van der Waals surface area contributed by atoms with E-state index in [-0.39, 0.29) is 50.2 Å². The van der Waals surface area contributed by atoms with Gasteiger partial charge in [0, 0.05) is 18.8 Å². The molecule has 4 heterocycles. The van der Waals surface area contributed by atoms with Crippen molar-refractivity contribution in [2.24, 2.45) is 17.8 Å². The number of aliphatic hydroxyl groups excluding tert-OH is 1. The van der Waals surface area contributed by atoms with Crippen LogP contribution in [-0.4, -0.2) is 120 Å². The highest BCUT2D eigenvalue weighted by Crippen LogP contribution is 2.31. The Morgan fingerprint density at radius 2 is 1.17 bits per heavy atom. The first-order valence-corrected chi connectivity index (χ1v) is 17.4. The van der Waals surface area contributed by atoms with Crippen LogP contribution in [0.15, 0.2) is 12.2 Å². The van der Waals surface area contributed by atoms with Crippen LogP contribution in [0.4, 0.5) is 0 Å². The smallest absolute Gasteiger partial charge is 0.333 e. The normalized spacial score (nSPS) is 29.4. The number of carbonyl (C=O) groups excluding carboxylic acids is 1. The Hall–Kier alpha value is -0.900. The summed E-state index contributed by atoms with van der Waals surface area (Å²) >= 11 is 4.98. The van der Waals surface area contributed by atoms with E-state index < -0.39 is 18.2 Å². The number of hydrogen-bond donors (Lipinski definition) is 1. The van der Waals surface area contributed by atoms with Gasteiger partial charge in [-0.05, 0) is 50.4 Å². The third kappa shape index (κ3) is 16.1. The van der Waals surface area contributed by atoms with Crippen molar-refractivity contribution >= 4 is 17.8 Å². The molecule has 0 aromatic heterocycles. The molecule has 0 bridgehead atoms. The lowest BCUT2D eigenvalue weighted by molar-refractivity contribution is -0.149. The molecule has 1 N–H and O–H groups in total. The summed E-state index contributed by atoms with van der Waals surface area (Å²) < 4.78 is 54.0. The highest BCUT2D eigenvalue weighted by Gasteiger charge is 2.50. The van der Waals surface area contributed by atoms with E-state index in [1.165, 1.54) is 6.42 Å². The summed E-state index contributed by atoms with van der Waals surface area (Å²) in [4.78, 5) is 11.6. The maximum Gasteiger partial charge on any atom is 0.333 e. The zero-order valence-corrected chi connectivity index (χ0v) is 30.3. The second-order valence-corrected chi connectivity index (χ2v) is 13.9. The largest absolute Gasteiger partial charge is 0.454 e. The molecule has 4 saturated heterocycles. The van der Waals surface area contributed by atoms with Gasteiger partial charge in [0.15, 0.2) is 6.10 Å². The van der Waals surface area contributed by atoms with Gasteiger partial charge >= 0.3 is 5.97 Å². The second-order valence-electron chi connectivity index (χ2n) is 13.7. The van der Waals surface area contributed by atoms with Crippen molar-refractivity contribution < 1.29 is 56.8 Å². The second kappa shape index (κ2) is 23.5. The van der Waals surface area contributed by atoms with Crippen LogP contribution in [-0.2, 0) is 51.7 Å². The van der Waals surface area contributed by atoms with Crippen molar-refractivity contribution in [3.8, 4) is 0 Å². The maximum atomic E-state index is 11.6. The molecule has 4 fully saturated rings. The molecule has 12 nitrogen and oxygen atoms in total. The molecule has 4 aliphatic rings. The van der Waals surface area contributed by atoms with Gasteiger partial charge in [-0.15, -0.1) is 0 Å². The average Bonchev–Trinajstić information content (AvgIpc) is 3.78. The van der Waals surface area contributed by atoms with E-state index in [0.29, 0.717) is 63.7 Å². The van der Waals surface area contributed by atoms with Gasteiger partial charge in [-0.3, -0.25) is 4.29 Å². The van der Waals surface area contributed by atoms with Crippen LogP contribution in [0.25, 0.3) is 0 Å². The zero-order valence-electron chi connectivity index (χ0n) is 29.6. The Morgan fingerprint density at radius 1 is 0.723 bits per heavy atom. The molecular formula is C34H61ClO12. The van der Waals surface area contributed by atoms with Crippen molar-refractivity contribution in [3.63, 3.8) is 0 Å². The van der Waals surface area contributed by atoms with E-state index in [2.05, 4.69) is 52.4 Å². The Bertz CT molecular complexity index is 859. The van der Waals surface area contributed by atoms with Crippen LogP contribution in [0, 0.1) is 17.8 Å². The van der Waals surface area contributed by atoms with E-state index in [4.69, 9.17) is 54.5 Å². The first-order valence-electron chi connectivity index (χ1n) is 17.1. The topological polar surface area (TPSA) is 130 Å². The van der Waals surface area contributed by atoms with Crippen LogP contribution < -0.4 is 0 Å². The van der Waals surface area contributed by atoms with E-state index in [9.17, 15) is 9.90 Å². The molecule has 13 heteroatoms. The molecule has 4 rings (SSSR count). The summed E-state index contributed by atoms with van der Waals surface area (Å²) in [5.41, 5.74) is 0.368. The van der Waals surface area contributed by atoms with Crippen LogP contribution >= 0.6 is 11.9 Å². The molecule has 276 valence electrons. The van der Waals surface area contributed by atoms with Crippen molar-refractivity contribution in [3.05, 3.63) is 12.2 Å². The summed E-state index contributed by atoms with van der Waals surface area (Å²) in [5.74, 6) is 1.60. The third-order valence-electron chi connectivity index (χ3n) is 7.96. The minimum Gasteiger partial charge on any atom is -0.454 e. The highest BCUT2D eigenvalue weighted by molar-refractivity contribution is 6.07. The van der Waals surface area contributed by atoms with Crippen molar-refractivity contribution in [2.75, 3.05) is 59.8 Å². The minimum absolute atomic E-state index is 0.115. The van der Waals surface area contributed by atoms with Gasteiger partial charge in [0.1, 0.15) is 56.3 Å². The number of aliphatic hydroxyl groups is 1. The van der Waals surface area contributed by atoms with Gasteiger partial charge in [-0.1, -0.05) is 48.1 Å². The number of hydrogen-bond acceptors (Lipinski definition) is 12. The summed E-state index contributed by atoms with van der Waals surface area (Å²) in [7, 11) is 0. The first kappa shape index (κ1) is 42.3. The fourth-order valence-corrected chi connectivity index (χ4v) is 5.18. The van der Waals surface area contributed by atoms with E-state index in [0.717, 1.165) is 25.2 Å². The molecule has 0 radical (unpaired) electrons. The van der Waals surface area contributed by atoms with Crippen molar-refractivity contribution in [1.29, 1.82) is 0 Å². The molecule has 0 aromatic rings. The number of ether oxygens (including phenoxy) is 9. The quantitative estimate of drug-likeness (QED) is 0.0913. The minimum atomic E-state index is -0.518. The summed E-state index contributed by atoms with van der Waals surface area (Å²) in [6.45, 7) is 22.3. The Kier molecular flexibility index (Phi) is 21.1. The van der Waals surface area contributed by atoms with Crippen LogP contribution in [0.5, 0.6) is 0 Å². The van der Waals surface area contributed by atoms with E-state index in [1.807, 2.05) is 0 Å². The first-order chi connectivity index (χ1) is 22.4. The SMILES string of the molecule is C=C(C)C(=O)O[C@H]1CO[C@H]2[C@@H]1OC[C@H]2OCOCCC(C)C.CC(C)CCCOCl.CC(C)CCOCO[C@@H]1CO[C@H]2[C@@H]1OC[C@@H]2O. The van der Waals surface area contributed by atoms with Crippen LogP contribution in [0.2, 0.25) is 0 Å². The van der Waals surface area contributed by atoms with Gasteiger partial charge in [-0.25, -0.2) is 4.79 Å². The molecule has 0 aliphatic carbocycles. The molecule has 4 aliphatic heterocycles. The maximum absolute atomic E-state index is 11.6. The average molecular weight is 697 g/mol. The van der Waals surface area contributed by atoms with Gasteiger partial charge in [0.2, 0.25) is 0 Å². The highest BCUT2D eigenvalue weighted by atomic mass is 35.5. The summed E-state index contributed by atoms with van der Waals surface area (Å²) in [6.07, 6.45) is 2.25. The number of esters is 1. The van der Waals surface area contributed by atoms with Gasteiger partial charge in [-0.2, -0.15) is 0 Å². The zero-order chi connectivity index (χ0) is 34.8. The van der Waals surface area contributed by atoms with Gasteiger partial charge < -0.3 is 47.7 Å². The molecule has 8 atom stereocenters. The lowest BCUT2D eigenvalue weighted by Gasteiger charge is -2.17. The number of halogens is 1.